The summed E-state index contributed by atoms with van der Waals surface area (Å²) >= 11 is 0. The second kappa shape index (κ2) is 8.08. The molecule has 146 valence electrons. The second-order valence-electron chi connectivity index (χ2n) is 6.71. The molecule has 1 aromatic carbocycles. The number of carbonyl (C=O) groups is 1. The smallest absolute Gasteiger partial charge is 0.369 e. The maximum atomic E-state index is 12.8. The molecule has 1 amide bonds. The minimum Gasteiger partial charge on any atom is -0.369 e. The van der Waals surface area contributed by atoms with Crippen molar-refractivity contribution in [3.8, 4) is 11.4 Å². The Kier molecular flexibility index (Phi) is 5.79. The van der Waals surface area contributed by atoms with Crippen molar-refractivity contribution in [2.75, 3.05) is 19.6 Å². The lowest BCUT2D eigenvalue weighted by Crippen LogP contribution is -2.39. The molecule has 9 heteroatoms. The van der Waals surface area contributed by atoms with Gasteiger partial charge in [-0.15, -0.1) is 0 Å². The van der Waals surface area contributed by atoms with Crippen LogP contribution in [0.25, 0.3) is 11.4 Å². The lowest BCUT2D eigenvalue weighted by atomic mass is 9.96. The fraction of sp³-hybridized carbons (Fsp3) is 0.500. The number of aromatic nitrogens is 2. The van der Waals surface area contributed by atoms with Crippen LogP contribution in [0.4, 0.5) is 13.2 Å². The van der Waals surface area contributed by atoms with Crippen LogP contribution in [0.1, 0.15) is 30.7 Å². The Balaban J connectivity index is 1.51. The van der Waals surface area contributed by atoms with Gasteiger partial charge in [-0.1, -0.05) is 17.3 Å². The van der Waals surface area contributed by atoms with E-state index in [9.17, 15) is 18.0 Å². The standard InChI is InChI=1S/C18H21F3N4O2/c19-18(20,21)14-4-1-3-13(11-14)17-23-15(27-24-17)5-2-8-25-9-6-12(7-10-25)16(22)26/h1,3-4,11-12H,2,5-10H2,(H2,22,26). The first-order valence-electron chi connectivity index (χ1n) is 8.85. The predicted octanol–water partition coefficient (Wildman–Crippen LogP) is 2.89. The van der Waals surface area contributed by atoms with E-state index in [1.54, 1.807) is 0 Å². The van der Waals surface area contributed by atoms with E-state index in [1.165, 1.54) is 12.1 Å². The molecule has 0 spiro atoms. The van der Waals surface area contributed by atoms with Gasteiger partial charge in [0.2, 0.25) is 17.6 Å². The number of nitrogens with two attached hydrogens (primary N) is 1. The molecule has 2 aromatic rings. The highest BCUT2D eigenvalue weighted by Crippen LogP contribution is 2.31. The van der Waals surface area contributed by atoms with Crippen LogP contribution in [0.3, 0.4) is 0 Å². The minimum absolute atomic E-state index is 0.0350. The van der Waals surface area contributed by atoms with Crippen molar-refractivity contribution in [2.24, 2.45) is 11.7 Å². The van der Waals surface area contributed by atoms with E-state index in [1.807, 2.05) is 0 Å². The van der Waals surface area contributed by atoms with E-state index in [-0.39, 0.29) is 23.2 Å². The topological polar surface area (TPSA) is 85.3 Å². The Bertz CT molecular complexity index is 783. The Hall–Kier alpha value is -2.42. The number of halogens is 3. The molecule has 0 aliphatic carbocycles. The number of piperidine rings is 1. The maximum Gasteiger partial charge on any atom is 0.416 e. The Morgan fingerprint density at radius 1 is 1.30 bits per heavy atom. The molecule has 0 saturated carbocycles. The van der Waals surface area contributed by atoms with Crippen LogP contribution in [0.15, 0.2) is 28.8 Å². The predicted molar refractivity (Wildman–Crippen MR) is 91.4 cm³/mol. The molecule has 0 bridgehead atoms. The van der Waals surface area contributed by atoms with Crippen molar-refractivity contribution >= 4 is 5.91 Å². The molecule has 0 atom stereocenters. The fourth-order valence-electron chi connectivity index (χ4n) is 3.20. The lowest BCUT2D eigenvalue weighted by Gasteiger charge is -2.30. The summed E-state index contributed by atoms with van der Waals surface area (Å²) in [4.78, 5) is 17.6. The van der Waals surface area contributed by atoms with Crippen LogP contribution in [-0.4, -0.2) is 40.6 Å². The summed E-state index contributed by atoms with van der Waals surface area (Å²) < 4.78 is 43.6. The summed E-state index contributed by atoms with van der Waals surface area (Å²) in [6.07, 6.45) is -1.54. The summed E-state index contributed by atoms with van der Waals surface area (Å²) in [5, 5.41) is 3.79. The lowest BCUT2D eigenvalue weighted by molar-refractivity contribution is -0.137. The third kappa shape index (κ3) is 5.06. The molecule has 6 nitrogen and oxygen atoms in total. The normalized spacial score (nSPS) is 16.6. The van der Waals surface area contributed by atoms with Gasteiger partial charge in [-0.2, -0.15) is 18.2 Å². The zero-order valence-electron chi connectivity index (χ0n) is 14.7. The highest BCUT2D eigenvalue weighted by molar-refractivity contribution is 5.76. The number of benzene rings is 1. The van der Waals surface area contributed by atoms with E-state index < -0.39 is 11.7 Å². The number of alkyl halides is 3. The molecule has 0 unspecified atom stereocenters. The van der Waals surface area contributed by atoms with Gasteiger partial charge in [-0.05, 0) is 51.0 Å². The number of nitrogens with zero attached hydrogens (tertiary/aromatic N) is 3. The van der Waals surface area contributed by atoms with Crippen molar-refractivity contribution < 1.29 is 22.5 Å². The summed E-state index contributed by atoms with van der Waals surface area (Å²) in [6, 6.07) is 4.86. The molecule has 2 N–H and O–H groups in total. The number of likely N-dealkylation sites (tertiary alicyclic amines) is 1. The number of primary amides is 1. The first-order chi connectivity index (χ1) is 12.8. The molecule has 3 rings (SSSR count). The average Bonchev–Trinajstić information content (AvgIpc) is 3.10. The summed E-state index contributed by atoms with van der Waals surface area (Å²) in [5.74, 6) is 0.280. The third-order valence-electron chi connectivity index (χ3n) is 4.77. The first kappa shape index (κ1) is 19.3. The molecular formula is C18H21F3N4O2. The van der Waals surface area contributed by atoms with Crippen LogP contribution in [0.2, 0.25) is 0 Å². The summed E-state index contributed by atoms with van der Waals surface area (Å²) in [6.45, 7) is 2.48. The van der Waals surface area contributed by atoms with E-state index in [0.29, 0.717) is 12.3 Å². The van der Waals surface area contributed by atoms with Gasteiger partial charge in [0.1, 0.15) is 0 Å². The van der Waals surface area contributed by atoms with E-state index in [2.05, 4.69) is 15.0 Å². The molecule has 1 fully saturated rings. The Morgan fingerprint density at radius 2 is 2.04 bits per heavy atom. The molecule has 1 aliphatic rings. The molecule has 0 radical (unpaired) electrons. The average molecular weight is 382 g/mol. The first-order valence-corrected chi connectivity index (χ1v) is 8.85. The number of amides is 1. The summed E-state index contributed by atoms with van der Waals surface area (Å²) in [7, 11) is 0. The van der Waals surface area contributed by atoms with Crippen LogP contribution in [-0.2, 0) is 17.4 Å². The van der Waals surface area contributed by atoms with Crippen molar-refractivity contribution in [3.05, 3.63) is 35.7 Å². The van der Waals surface area contributed by atoms with Crippen molar-refractivity contribution in [1.29, 1.82) is 0 Å². The largest absolute Gasteiger partial charge is 0.416 e. The second-order valence-corrected chi connectivity index (χ2v) is 6.71. The molecule has 27 heavy (non-hydrogen) atoms. The van der Waals surface area contributed by atoms with Gasteiger partial charge < -0.3 is 15.2 Å². The molecule has 1 saturated heterocycles. The van der Waals surface area contributed by atoms with Crippen molar-refractivity contribution in [2.45, 2.75) is 31.9 Å². The maximum absolute atomic E-state index is 12.8. The van der Waals surface area contributed by atoms with E-state index in [4.69, 9.17) is 10.3 Å². The number of hydrogen-bond acceptors (Lipinski definition) is 5. The number of carbonyl (C=O) groups excluding carboxylic acids is 1. The molecular weight excluding hydrogens is 361 g/mol. The number of aryl methyl sites for hydroxylation is 1. The van der Waals surface area contributed by atoms with Gasteiger partial charge in [0.05, 0.1) is 5.56 Å². The van der Waals surface area contributed by atoms with Crippen molar-refractivity contribution in [1.82, 2.24) is 15.0 Å². The van der Waals surface area contributed by atoms with Crippen LogP contribution < -0.4 is 5.73 Å². The van der Waals surface area contributed by atoms with Crippen LogP contribution in [0, 0.1) is 5.92 Å². The van der Waals surface area contributed by atoms with E-state index in [0.717, 1.165) is 51.0 Å². The third-order valence-corrected chi connectivity index (χ3v) is 4.77. The zero-order chi connectivity index (χ0) is 19.4. The number of hydrogen-bond donors (Lipinski definition) is 1. The van der Waals surface area contributed by atoms with Gasteiger partial charge in [0, 0.05) is 17.9 Å². The van der Waals surface area contributed by atoms with Crippen LogP contribution in [0.5, 0.6) is 0 Å². The highest BCUT2D eigenvalue weighted by atomic mass is 19.4. The van der Waals surface area contributed by atoms with E-state index >= 15 is 0 Å². The van der Waals surface area contributed by atoms with Gasteiger partial charge in [0.15, 0.2) is 0 Å². The summed E-state index contributed by atoms with van der Waals surface area (Å²) in [5.41, 5.74) is 4.85. The Labute approximate surface area is 154 Å². The minimum atomic E-state index is -4.41. The SMILES string of the molecule is NC(=O)C1CCN(CCCc2nc(-c3cccc(C(F)(F)F)c3)no2)CC1. The molecule has 1 aliphatic heterocycles. The molecule has 1 aromatic heterocycles. The monoisotopic (exact) mass is 382 g/mol. The highest BCUT2D eigenvalue weighted by Gasteiger charge is 2.30. The van der Waals surface area contributed by atoms with Gasteiger partial charge in [-0.25, -0.2) is 0 Å². The van der Waals surface area contributed by atoms with Gasteiger partial charge in [0.25, 0.3) is 0 Å². The van der Waals surface area contributed by atoms with Crippen molar-refractivity contribution in [3.63, 3.8) is 0 Å². The zero-order valence-corrected chi connectivity index (χ0v) is 14.7. The molecule has 2 heterocycles. The number of rotatable bonds is 6. The van der Waals surface area contributed by atoms with Gasteiger partial charge >= 0.3 is 6.18 Å². The van der Waals surface area contributed by atoms with Gasteiger partial charge in [-0.3, -0.25) is 4.79 Å². The fourth-order valence-corrected chi connectivity index (χ4v) is 3.20. The van der Waals surface area contributed by atoms with Crippen LogP contribution >= 0.6 is 0 Å². The Morgan fingerprint density at radius 3 is 2.70 bits per heavy atom. The quantitative estimate of drug-likeness (QED) is 0.830.